The highest BCUT2D eigenvalue weighted by molar-refractivity contribution is 6.37. The van der Waals surface area contributed by atoms with Gasteiger partial charge in [-0.1, -0.05) is 11.6 Å². The van der Waals surface area contributed by atoms with Crippen LogP contribution in [0.3, 0.4) is 0 Å². The number of ketones is 2. The van der Waals surface area contributed by atoms with Gasteiger partial charge in [-0.05, 0) is 18.2 Å². The maximum Gasteiger partial charge on any atom is 0.372 e. The molecule has 1 aromatic rings. The molecule has 0 fully saturated rings. The number of carbonyl (C=O) groups is 3. The largest absolute Gasteiger partial charge is 0.495 e. The lowest BCUT2D eigenvalue weighted by molar-refractivity contribution is -0.148. The van der Waals surface area contributed by atoms with Gasteiger partial charge in [0.1, 0.15) is 5.75 Å². The highest BCUT2D eigenvalue weighted by Crippen LogP contribution is 2.25. The fourth-order valence-corrected chi connectivity index (χ4v) is 1.42. The summed E-state index contributed by atoms with van der Waals surface area (Å²) in [6.45, 7) is 0. The van der Waals surface area contributed by atoms with Crippen LogP contribution in [-0.2, 0) is 9.59 Å². The van der Waals surface area contributed by atoms with Crippen molar-refractivity contribution in [2.45, 2.75) is 6.42 Å². The van der Waals surface area contributed by atoms with Gasteiger partial charge in [-0.3, -0.25) is 9.59 Å². The lowest BCUT2D eigenvalue weighted by Gasteiger charge is -2.04. The Morgan fingerprint density at radius 1 is 1.35 bits per heavy atom. The number of halogens is 1. The minimum absolute atomic E-state index is 0.172. The zero-order chi connectivity index (χ0) is 13.0. The number of carboxylic acid groups (broad SMARTS) is 1. The van der Waals surface area contributed by atoms with E-state index in [1.165, 1.54) is 25.3 Å². The molecule has 0 heterocycles. The first kappa shape index (κ1) is 13.2. The number of benzene rings is 1. The third kappa shape index (κ3) is 3.29. The van der Waals surface area contributed by atoms with Crippen molar-refractivity contribution in [2.24, 2.45) is 0 Å². The predicted molar refractivity (Wildman–Crippen MR) is 59.6 cm³/mol. The standard InChI is InChI=1S/C11H9ClO5/c1-17-10-3-2-6(4-7(10)12)8(13)5-9(14)11(15)16/h2-4H,5H2,1H3,(H,15,16). The Morgan fingerprint density at radius 2 is 2.00 bits per heavy atom. The molecular weight excluding hydrogens is 248 g/mol. The normalized spacial score (nSPS) is 9.76. The van der Waals surface area contributed by atoms with Gasteiger partial charge in [0.15, 0.2) is 5.78 Å². The molecule has 0 radical (unpaired) electrons. The van der Waals surface area contributed by atoms with Gasteiger partial charge in [-0.15, -0.1) is 0 Å². The number of hydrogen-bond acceptors (Lipinski definition) is 4. The summed E-state index contributed by atoms with van der Waals surface area (Å²) in [5.74, 6) is -2.98. The third-order valence-corrected chi connectivity index (χ3v) is 2.33. The zero-order valence-corrected chi connectivity index (χ0v) is 9.65. The van der Waals surface area contributed by atoms with E-state index in [0.717, 1.165) is 0 Å². The second-order valence-electron chi connectivity index (χ2n) is 3.18. The van der Waals surface area contributed by atoms with Crippen molar-refractivity contribution in [3.05, 3.63) is 28.8 Å². The van der Waals surface area contributed by atoms with Crippen LogP contribution in [0.1, 0.15) is 16.8 Å². The molecule has 0 atom stereocenters. The molecular formula is C11H9ClO5. The number of carboxylic acids is 1. The second-order valence-corrected chi connectivity index (χ2v) is 3.58. The Kier molecular flexibility index (Phi) is 4.23. The van der Waals surface area contributed by atoms with Crippen molar-refractivity contribution < 1.29 is 24.2 Å². The summed E-state index contributed by atoms with van der Waals surface area (Å²) in [6, 6.07) is 4.22. The van der Waals surface area contributed by atoms with Crippen LogP contribution in [-0.4, -0.2) is 29.8 Å². The molecule has 6 heteroatoms. The van der Waals surface area contributed by atoms with Gasteiger partial charge in [0, 0.05) is 5.56 Å². The summed E-state index contributed by atoms with van der Waals surface area (Å²) in [7, 11) is 1.43. The van der Waals surface area contributed by atoms with Crippen molar-refractivity contribution in [2.75, 3.05) is 7.11 Å². The first-order valence-electron chi connectivity index (χ1n) is 4.58. The summed E-state index contributed by atoms with van der Waals surface area (Å²) < 4.78 is 4.89. The van der Waals surface area contributed by atoms with E-state index in [0.29, 0.717) is 5.75 Å². The summed E-state index contributed by atoms with van der Waals surface area (Å²) >= 11 is 5.79. The van der Waals surface area contributed by atoms with E-state index < -0.39 is 24.0 Å². The van der Waals surface area contributed by atoms with E-state index in [4.69, 9.17) is 21.4 Å². The number of rotatable bonds is 5. The maximum absolute atomic E-state index is 11.5. The predicted octanol–water partition coefficient (Wildman–Crippen LogP) is 1.58. The van der Waals surface area contributed by atoms with Crippen molar-refractivity contribution in [1.29, 1.82) is 0 Å². The number of Topliss-reactive ketones (excluding diaryl/α,β-unsaturated/α-hetero) is 2. The third-order valence-electron chi connectivity index (χ3n) is 2.03. The van der Waals surface area contributed by atoms with Crippen LogP contribution in [0.4, 0.5) is 0 Å². The number of hydrogen-bond donors (Lipinski definition) is 1. The lowest BCUT2D eigenvalue weighted by Crippen LogP contribution is -2.17. The van der Waals surface area contributed by atoms with Gasteiger partial charge in [-0.25, -0.2) is 4.79 Å². The fourth-order valence-electron chi connectivity index (χ4n) is 1.16. The van der Waals surface area contributed by atoms with E-state index in [1.807, 2.05) is 0 Å². The molecule has 0 saturated heterocycles. The van der Waals surface area contributed by atoms with Crippen LogP contribution in [0.5, 0.6) is 5.75 Å². The lowest BCUT2D eigenvalue weighted by atomic mass is 10.1. The first-order chi connectivity index (χ1) is 7.95. The zero-order valence-electron chi connectivity index (χ0n) is 8.90. The SMILES string of the molecule is COc1ccc(C(=O)CC(=O)C(=O)O)cc1Cl. The van der Waals surface area contributed by atoms with E-state index in [1.54, 1.807) is 0 Å². The first-order valence-corrected chi connectivity index (χ1v) is 4.96. The smallest absolute Gasteiger partial charge is 0.372 e. The summed E-state index contributed by atoms with van der Waals surface area (Å²) in [4.78, 5) is 32.7. The second kappa shape index (κ2) is 5.45. The number of ether oxygens (including phenoxy) is 1. The highest BCUT2D eigenvalue weighted by atomic mass is 35.5. The minimum Gasteiger partial charge on any atom is -0.495 e. The summed E-state index contributed by atoms with van der Waals surface area (Å²) in [5.41, 5.74) is 0.172. The molecule has 0 unspecified atom stereocenters. The molecule has 0 aliphatic heterocycles. The Bertz CT molecular complexity index is 481. The Balaban J connectivity index is 2.87. The molecule has 1 N–H and O–H groups in total. The van der Waals surface area contributed by atoms with Gasteiger partial charge in [0.2, 0.25) is 5.78 Å². The van der Waals surface area contributed by atoms with Crippen LogP contribution in [0.2, 0.25) is 5.02 Å². The molecule has 0 aromatic heterocycles. The van der Waals surface area contributed by atoms with E-state index in [2.05, 4.69) is 0 Å². The van der Waals surface area contributed by atoms with Gasteiger partial charge in [-0.2, -0.15) is 0 Å². The van der Waals surface area contributed by atoms with Crippen molar-refractivity contribution in [3.63, 3.8) is 0 Å². The van der Waals surface area contributed by atoms with E-state index >= 15 is 0 Å². The molecule has 1 rings (SSSR count). The van der Waals surface area contributed by atoms with Crippen LogP contribution in [0.15, 0.2) is 18.2 Å². The topological polar surface area (TPSA) is 80.7 Å². The molecule has 0 bridgehead atoms. The average Bonchev–Trinajstić information content (AvgIpc) is 2.28. The van der Waals surface area contributed by atoms with E-state index in [9.17, 15) is 14.4 Å². The quantitative estimate of drug-likeness (QED) is 0.491. The Hall–Kier alpha value is -1.88. The molecule has 0 saturated carbocycles. The van der Waals surface area contributed by atoms with Crippen LogP contribution < -0.4 is 4.74 Å². The monoisotopic (exact) mass is 256 g/mol. The number of aliphatic carboxylic acids is 1. The molecule has 1 aromatic carbocycles. The molecule has 0 amide bonds. The molecule has 90 valence electrons. The number of carbonyl (C=O) groups excluding carboxylic acids is 2. The van der Waals surface area contributed by atoms with Gasteiger partial charge >= 0.3 is 5.97 Å². The molecule has 0 spiro atoms. The number of methoxy groups -OCH3 is 1. The van der Waals surface area contributed by atoms with Crippen molar-refractivity contribution in [1.82, 2.24) is 0 Å². The molecule has 5 nitrogen and oxygen atoms in total. The molecule has 0 aliphatic rings. The molecule has 0 aliphatic carbocycles. The summed E-state index contributed by atoms with van der Waals surface area (Å²) in [5, 5.41) is 8.59. The van der Waals surface area contributed by atoms with Crippen LogP contribution in [0, 0.1) is 0 Å². The average molecular weight is 257 g/mol. The van der Waals surface area contributed by atoms with Crippen LogP contribution in [0.25, 0.3) is 0 Å². The Morgan fingerprint density at radius 3 is 2.47 bits per heavy atom. The van der Waals surface area contributed by atoms with Gasteiger partial charge < -0.3 is 9.84 Å². The fraction of sp³-hybridized carbons (Fsp3) is 0.182. The highest BCUT2D eigenvalue weighted by Gasteiger charge is 2.18. The minimum atomic E-state index is -1.63. The van der Waals surface area contributed by atoms with Gasteiger partial charge in [0.05, 0.1) is 18.6 Å². The van der Waals surface area contributed by atoms with Crippen molar-refractivity contribution >= 4 is 29.1 Å². The van der Waals surface area contributed by atoms with E-state index in [-0.39, 0.29) is 10.6 Å². The molecule has 17 heavy (non-hydrogen) atoms. The van der Waals surface area contributed by atoms with Crippen LogP contribution >= 0.6 is 11.6 Å². The maximum atomic E-state index is 11.5. The van der Waals surface area contributed by atoms with Gasteiger partial charge in [0.25, 0.3) is 0 Å². The summed E-state index contributed by atoms with van der Waals surface area (Å²) in [6.07, 6.45) is -0.683. The Labute approximate surface area is 102 Å². The van der Waals surface area contributed by atoms with Crippen molar-refractivity contribution in [3.8, 4) is 5.75 Å².